The van der Waals surface area contributed by atoms with E-state index in [1.807, 2.05) is 48.2 Å². The van der Waals surface area contributed by atoms with Gasteiger partial charge >= 0.3 is 0 Å². The second-order valence-corrected chi connectivity index (χ2v) is 14.9. The van der Waals surface area contributed by atoms with Gasteiger partial charge in [-0.2, -0.15) is 0 Å². The highest BCUT2D eigenvalue weighted by atomic mass is 16.5. The van der Waals surface area contributed by atoms with Gasteiger partial charge in [0.2, 0.25) is 23.6 Å². The SMILES string of the molecule is C=C([C@@H](NC(=O)[C@H](C)NC)[C@@H](C)OCC#Cc1ccc([C@H](NC(=O)[C@H](C)NC)C(=O)N2CCCC2)cc1)N1CCC[C@H]1C(=O)N[C@@H]1CCCc2ccccc21. The lowest BCUT2D eigenvalue weighted by Gasteiger charge is -2.36. The maximum atomic E-state index is 13.8. The Morgan fingerprint density at radius 1 is 0.855 bits per heavy atom. The van der Waals surface area contributed by atoms with Gasteiger partial charge in [0, 0.05) is 30.9 Å². The molecule has 0 unspecified atom stereocenters. The van der Waals surface area contributed by atoms with Gasteiger partial charge in [0.1, 0.15) is 18.7 Å². The summed E-state index contributed by atoms with van der Waals surface area (Å²) in [4.78, 5) is 57.0. The maximum absolute atomic E-state index is 13.8. The fourth-order valence-electron chi connectivity index (χ4n) is 7.59. The number of carbonyl (C=O) groups excluding carboxylic acids is 4. The summed E-state index contributed by atoms with van der Waals surface area (Å²) in [7, 11) is 3.43. The number of benzene rings is 2. The molecule has 55 heavy (non-hydrogen) atoms. The number of rotatable bonds is 15. The number of nitrogens with one attached hydrogen (secondary N) is 5. The monoisotopic (exact) mass is 753 g/mol. The number of amides is 4. The molecule has 0 spiro atoms. The van der Waals surface area contributed by atoms with Crippen molar-refractivity contribution in [2.24, 2.45) is 0 Å². The molecule has 0 saturated carbocycles. The zero-order valence-corrected chi connectivity index (χ0v) is 33.1. The van der Waals surface area contributed by atoms with Crippen LogP contribution in [0.4, 0.5) is 0 Å². The Kier molecular flexibility index (Phi) is 14.9. The molecule has 5 N–H and O–H groups in total. The van der Waals surface area contributed by atoms with E-state index in [0.29, 0.717) is 37.3 Å². The Labute approximate surface area is 326 Å². The van der Waals surface area contributed by atoms with E-state index in [9.17, 15) is 19.2 Å². The molecule has 2 saturated heterocycles. The van der Waals surface area contributed by atoms with Crippen LogP contribution in [0.2, 0.25) is 0 Å². The molecular formula is C43H59N7O5. The van der Waals surface area contributed by atoms with E-state index >= 15 is 0 Å². The summed E-state index contributed by atoms with van der Waals surface area (Å²) < 4.78 is 6.20. The number of aryl methyl sites for hydroxylation is 1. The number of carbonyl (C=O) groups is 4. The summed E-state index contributed by atoms with van der Waals surface area (Å²) in [5, 5.41) is 15.3. The summed E-state index contributed by atoms with van der Waals surface area (Å²) in [5.74, 6) is 5.62. The Hall–Kier alpha value is -4.70. The summed E-state index contributed by atoms with van der Waals surface area (Å²) in [5.41, 5.74) is 4.53. The molecule has 1 aliphatic carbocycles. The predicted molar refractivity (Wildman–Crippen MR) is 214 cm³/mol. The molecule has 2 heterocycles. The minimum atomic E-state index is -0.788. The van der Waals surface area contributed by atoms with E-state index in [1.54, 1.807) is 32.8 Å². The predicted octanol–water partition coefficient (Wildman–Crippen LogP) is 3.10. The first-order valence-corrected chi connectivity index (χ1v) is 19.8. The van der Waals surface area contributed by atoms with Crippen molar-refractivity contribution in [3.05, 3.63) is 83.1 Å². The number of nitrogens with zero attached hydrogens (tertiary/aromatic N) is 2. The second kappa shape index (κ2) is 19.8. The first-order valence-electron chi connectivity index (χ1n) is 19.8. The fraction of sp³-hybridized carbons (Fsp3) is 0.535. The second-order valence-electron chi connectivity index (χ2n) is 14.9. The summed E-state index contributed by atoms with van der Waals surface area (Å²) in [6.45, 7) is 11.9. The van der Waals surface area contributed by atoms with Crippen LogP contribution >= 0.6 is 0 Å². The molecule has 296 valence electrons. The molecule has 12 nitrogen and oxygen atoms in total. The number of ether oxygens (including phenoxy) is 1. The van der Waals surface area contributed by atoms with Gasteiger partial charge in [0.15, 0.2) is 0 Å². The lowest BCUT2D eigenvalue weighted by Crippen LogP contribution is -2.54. The molecule has 0 radical (unpaired) electrons. The zero-order valence-electron chi connectivity index (χ0n) is 33.1. The smallest absolute Gasteiger partial charge is 0.249 e. The van der Waals surface area contributed by atoms with Crippen LogP contribution in [0.25, 0.3) is 0 Å². The molecule has 2 aliphatic heterocycles. The normalized spacial score (nSPS) is 20.5. The van der Waals surface area contributed by atoms with E-state index in [-0.39, 0.29) is 36.3 Å². The van der Waals surface area contributed by atoms with Crippen molar-refractivity contribution in [3.8, 4) is 11.8 Å². The van der Waals surface area contributed by atoms with Crippen LogP contribution in [-0.4, -0.2) is 104 Å². The van der Waals surface area contributed by atoms with Crippen molar-refractivity contribution >= 4 is 23.6 Å². The number of likely N-dealkylation sites (tertiary alicyclic amines) is 2. The van der Waals surface area contributed by atoms with Crippen molar-refractivity contribution in [3.63, 3.8) is 0 Å². The topological polar surface area (TPSA) is 144 Å². The average Bonchev–Trinajstić information content (AvgIpc) is 3.94. The largest absolute Gasteiger partial charge is 0.363 e. The minimum absolute atomic E-state index is 0.0240. The van der Waals surface area contributed by atoms with E-state index in [1.165, 1.54) is 11.1 Å². The zero-order chi connectivity index (χ0) is 39.5. The fourth-order valence-corrected chi connectivity index (χ4v) is 7.59. The van der Waals surface area contributed by atoms with Gasteiger partial charge in [-0.15, -0.1) is 0 Å². The number of likely N-dealkylation sites (N-methyl/N-ethyl adjacent to an activating group) is 2. The number of hydrogen-bond acceptors (Lipinski definition) is 8. The number of fused-ring (bicyclic) bond motifs is 1. The van der Waals surface area contributed by atoms with E-state index < -0.39 is 36.3 Å². The van der Waals surface area contributed by atoms with E-state index in [4.69, 9.17) is 4.74 Å². The van der Waals surface area contributed by atoms with Gasteiger partial charge in [0.05, 0.1) is 30.3 Å². The van der Waals surface area contributed by atoms with Crippen LogP contribution in [0.3, 0.4) is 0 Å². The molecule has 12 heteroatoms. The maximum Gasteiger partial charge on any atom is 0.249 e. The molecule has 7 atom stereocenters. The van der Waals surface area contributed by atoms with Gasteiger partial charge in [-0.25, -0.2) is 0 Å². The third kappa shape index (κ3) is 10.5. The van der Waals surface area contributed by atoms with Crippen molar-refractivity contribution < 1.29 is 23.9 Å². The molecule has 2 aromatic carbocycles. The lowest BCUT2D eigenvalue weighted by atomic mass is 9.87. The molecule has 5 rings (SSSR count). The van der Waals surface area contributed by atoms with Crippen molar-refractivity contribution in [1.82, 2.24) is 36.4 Å². The van der Waals surface area contributed by atoms with Crippen molar-refractivity contribution in [2.45, 2.75) is 108 Å². The Balaban J connectivity index is 1.24. The molecule has 2 fully saturated rings. The van der Waals surface area contributed by atoms with Gasteiger partial charge in [0.25, 0.3) is 0 Å². The van der Waals surface area contributed by atoms with Crippen LogP contribution < -0.4 is 26.6 Å². The highest BCUT2D eigenvalue weighted by molar-refractivity contribution is 5.90. The van der Waals surface area contributed by atoms with Crippen LogP contribution in [0.15, 0.2) is 60.8 Å². The lowest BCUT2D eigenvalue weighted by molar-refractivity contribution is -0.136. The molecule has 2 aromatic rings. The molecule has 0 aromatic heterocycles. The third-order valence-corrected chi connectivity index (χ3v) is 11.2. The summed E-state index contributed by atoms with van der Waals surface area (Å²) in [6, 6.07) is 12.9. The van der Waals surface area contributed by atoms with Crippen molar-refractivity contribution in [2.75, 3.05) is 40.3 Å². The quantitative estimate of drug-likeness (QED) is 0.175. The Morgan fingerprint density at radius 2 is 1.53 bits per heavy atom. The summed E-state index contributed by atoms with van der Waals surface area (Å²) in [6.07, 6.45) is 5.89. The van der Waals surface area contributed by atoms with Gasteiger partial charge in [-0.3, -0.25) is 19.2 Å². The first-order chi connectivity index (χ1) is 26.5. The van der Waals surface area contributed by atoms with E-state index in [0.717, 1.165) is 44.1 Å². The number of hydrogen-bond donors (Lipinski definition) is 5. The molecule has 0 bridgehead atoms. The highest BCUT2D eigenvalue weighted by Gasteiger charge is 2.38. The standard InChI is InChI=1S/C43H59N7O5/c1-28(44-5)40(51)47-38(30(3)50-26-12-19-37(50)42(53)46-36-18-11-16-33-15-7-8-17-35(33)36)31(4)55-27-13-14-32-20-22-34(23-21-32)39(48-41(52)29(2)45-6)43(54)49-24-9-10-25-49/h7-8,15,17,20-23,28-29,31,36-39,44-45H,3,9-12,16,18-19,24-27H2,1-2,4-6H3,(H,46,53)(H,47,51)(H,48,52)/t28-,29-,31+,36+,37-,38+,39-/m0/s1. The Morgan fingerprint density at radius 3 is 2.22 bits per heavy atom. The van der Waals surface area contributed by atoms with Crippen LogP contribution in [0, 0.1) is 11.8 Å². The Bertz CT molecular complexity index is 1730. The van der Waals surface area contributed by atoms with Crippen molar-refractivity contribution in [1.29, 1.82) is 0 Å². The van der Waals surface area contributed by atoms with Crippen LogP contribution in [0.1, 0.15) is 93.6 Å². The molecule has 4 amide bonds. The van der Waals surface area contributed by atoms with Gasteiger partial charge in [-0.1, -0.05) is 54.8 Å². The van der Waals surface area contributed by atoms with E-state index in [2.05, 4.69) is 57.1 Å². The average molecular weight is 754 g/mol. The van der Waals surface area contributed by atoms with Gasteiger partial charge in [-0.05, 0) is 109 Å². The highest BCUT2D eigenvalue weighted by Crippen LogP contribution is 2.31. The summed E-state index contributed by atoms with van der Waals surface area (Å²) >= 11 is 0. The third-order valence-electron chi connectivity index (χ3n) is 11.2. The molecule has 3 aliphatic rings. The van der Waals surface area contributed by atoms with Crippen LogP contribution in [-0.2, 0) is 30.3 Å². The van der Waals surface area contributed by atoms with Crippen LogP contribution in [0.5, 0.6) is 0 Å². The van der Waals surface area contributed by atoms with Gasteiger partial charge < -0.3 is 41.1 Å². The first kappa shape index (κ1) is 41.5. The molecular weight excluding hydrogens is 695 g/mol. The minimum Gasteiger partial charge on any atom is -0.363 e.